The van der Waals surface area contributed by atoms with E-state index in [2.05, 4.69) is 30.4 Å². The lowest BCUT2D eigenvalue weighted by molar-refractivity contribution is 0.361. The topological polar surface area (TPSA) is 21.3 Å². The molecular weight excluding hydrogens is 222 g/mol. The number of ether oxygens (including phenoxy) is 1. The first-order chi connectivity index (χ1) is 8.79. The van der Waals surface area contributed by atoms with E-state index in [0.29, 0.717) is 6.04 Å². The molecule has 2 aliphatic carbocycles. The summed E-state index contributed by atoms with van der Waals surface area (Å²) in [5.41, 5.74) is 1.28. The lowest BCUT2D eigenvalue weighted by Gasteiger charge is -2.24. The van der Waals surface area contributed by atoms with Crippen LogP contribution in [0, 0.1) is 11.8 Å². The Morgan fingerprint density at radius 1 is 1.11 bits per heavy atom. The first kappa shape index (κ1) is 12.0. The normalized spacial score (nSPS) is 21.1. The fourth-order valence-corrected chi connectivity index (χ4v) is 2.97. The van der Waals surface area contributed by atoms with Crippen molar-refractivity contribution in [3.63, 3.8) is 0 Å². The lowest BCUT2D eigenvalue weighted by atomic mass is 10.0. The first-order valence-corrected chi connectivity index (χ1v) is 7.18. The molecule has 1 N–H and O–H groups in total. The molecule has 0 aromatic heterocycles. The highest BCUT2D eigenvalue weighted by molar-refractivity contribution is 5.35. The lowest BCUT2D eigenvalue weighted by Crippen LogP contribution is -2.35. The van der Waals surface area contributed by atoms with Crippen LogP contribution in [0.3, 0.4) is 0 Å². The standard InChI is InChI=1S/C16H23NO/c1-11(14-5-3-4-6-15(14)18-2)17-16(12-7-8-12)13-9-10-13/h3-6,11-13,16-17H,7-10H2,1-2H3/t11-/m1/s1. The summed E-state index contributed by atoms with van der Waals surface area (Å²) >= 11 is 0. The third-order valence-corrected chi connectivity index (χ3v) is 4.31. The Labute approximate surface area is 110 Å². The maximum atomic E-state index is 5.46. The molecule has 18 heavy (non-hydrogen) atoms. The molecule has 0 unspecified atom stereocenters. The van der Waals surface area contributed by atoms with Crippen LogP contribution >= 0.6 is 0 Å². The molecule has 2 saturated carbocycles. The maximum Gasteiger partial charge on any atom is 0.123 e. The Balaban J connectivity index is 1.70. The fraction of sp³-hybridized carbons (Fsp3) is 0.625. The van der Waals surface area contributed by atoms with Crippen LogP contribution in [0.5, 0.6) is 5.75 Å². The number of hydrogen-bond acceptors (Lipinski definition) is 2. The summed E-state index contributed by atoms with van der Waals surface area (Å²) in [7, 11) is 1.75. The monoisotopic (exact) mass is 245 g/mol. The second kappa shape index (κ2) is 4.93. The van der Waals surface area contributed by atoms with Gasteiger partial charge in [-0.15, -0.1) is 0 Å². The van der Waals surface area contributed by atoms with E-state index in [9.17, 15) is 0 Å². The van der Waals surface area contributed by atoms with Crippen molar-refractivity contribution >= 4 is 0 Å². The molecule has 0 saturated heterocycles. The second-order valence-corrected chi connectivity index (χ2v) is 5.83. The highest BCUT2D eigenvalue weighted by Crippen LogP contribution is 2.45. The minimum Gasteiger partial charge on any atom is -0.496 e. The number of hydrogen-bond donors (Lipinski definition) is 1. The van der Waals surface area contributed by atoms with Crippen LogP contribution in [0.4, 0.5) is 0 Å². The number of para-hydroxylation sites is 1. The van der Waals surface area contributed by atoms with Gasteiger partial charge in [0, 0.05) is 17.6 Å². The van der Waals surface area contributed by atoms with Gasteiger partial charge in [0.15, 0.2) is 0 Å². The predicted octanol–water partition coefficient (Wildman–Crippen LogP) is 3.53. The number of benzene rings is 1. The van der Waals surface area contributed by atoms with Gasteiger partial charge in [-0.2, -0.15) is 0 Å². The van der Waals surface area contributed by atoms with Gasteiger partial charge in [0.05, 0.1) is 7.11 Å². The van der Waals surface area contributed by atoms with Crippen LogP contribution in [0.2, 0.25) is 0 Å². The average Bonchev–Trinajstić information content (AvgIpc) is 3.29. The number of nitrogens with one attached hydrogen (secondary N) is 1. The molecule has 0 spiro atoms. The van der Waals surface area contributed by atoms with E-state index in [-0.39, 0.29) is 0 Å². The Hall–Kier alpha value is -1.02. The molecule has 1 atom stereocenters. The van der Waals surface area contributed by atoms with Gasteiger partial charge >= 0.3 is 0 Å². The molecule has 2 aliphatic rings. The fourth-order valence-electron chi connectivity index (χ4n) is 2.97. The van der Waals surface area contributed by atoms with Gasteiger partial charge in [-0.1, -0.05) is 18.2 Å². The minimum atomic E-state index is 0.382. The quantitative estimate of drug-likeness (QED) is 0.827. The molecular formula is C16H23NO. The molecule has 3 rings (SSSR count). The van der Waals surface area contributed by atoms with Crippen LogP contribution in [-0.2, 0) is 0 Å². The third-order valence-electron chi connectivity index (χ3n) is 4.31. The van der Waals surface area contributed by atoms with E-state index in [0.717, 1.165) is 23.6 Å². The van der Waals surface area contributed by atoms with Crippen LogP contribution in [0.25, 0.3) is 0 Å². The molecule has 1 aromatic rings. The van der Waals surface area contributed by atoms with Crippen molar-refractivity contribution < 1.29 is 4.74 Å². The summed E-state index contributed by atoms with van der Waals surface area (Å²) in [6, 6.07) is 9.48. The van der Waals surface area contributed by atoms with E-state index in [1.54, 1.807) is 7.11 Å². The second-order valence-electron chi connectivity index (χ2n) is 5.83. The molecule has 0 aliphatic heterocycles. The van der Waals surface area contributed by atoms with Crippen LogP contribution in [0.15, 0.2) is 24.3 Å². The van der Waals surface area contributed by atoms with E-state index in [1.807, 2.05) is 6.07 Å². The van der Waals surface area contributed by atoms with Gasteiger partial charge in [0.1, 0.15) is 5.75 Å². The molecule has 0 heterocycles. The van der Waals surface area contributed by atoms with Gasteiger partial charge < -0.3 is 10.1 Å². The summed E-state index contributed by atoms with van der Waals surface area (Å²) < 4.78 is 5.46. The molecule has 1 aromatic carbocycles. The Bertz CT molecular complexity index is 397. The zero-order valence-electron chi connectivity index (χ0n) is 11.4. The summed E-state index contributed by atoms with van der Waals surface area (Å²) in [5.74, 6) is 2.88. The summed E-state index contributed by atoms with van der Waals surface area (Å²) in [6.07, 6.45) is 5.69. The molecule has 0 bridgehead atoms. The zero-order valence-corrected chi connectivity index (χ0v) is 11.4. The SMILES string of the molecule is COc1ccccc1[C@@H](C)NC(C1CC1)C1CC1. The van der Waals surface area contributed by atoms with Crippen LogP contribution in [0.1, 0.15) is 44.2 Å². The van der Waals surface area contributed by atoms with E-state index in [4.69, 9.17) is 4.74 Å². The van der Waals surface area contributed by atoms with Crippen molar-refractivity contribution in [2.75, 3.05) is 7.11 Å². The molecule has 2 nitrogen and oxygen atoms in total. The third kappa shape index (κ3) is 2.54. The highest BCUT2D eigenvalue weighted by atomic mass is 16.5. The Morgan fingerprint density at radius 2 is 1.72 bits per heavy atom. The summed E-state index contributed by atoms with van der Waals surface area (Å²) in [6.45, 7) is 2.26. The zero-order chi connectivity index (χ0) is 12.5. The average molecular weight is 245 g/mol. The van der Waals surface area contributed by atoms with Crippen LogP contribution < -0.4 is 10.1 Å². The molecule has 0 radical (unpaired) electrons. The Morgan fingerprint density at radius 3 is 2.28 bits per heavy atom. The van der Waals surface area contributed by atoms with Crippen molar-refractivity contribution in [2.45, 2.75) is 44.7 Å². The van der Waals surface area contributed by atoms with Gasteiger partial charge in [-0.3, -0.25) is 0 Å². The van der Waals surface area contributed by atoms with E-state index < -0.39 is 0 Å². The summed E-state index contributed by atoms with van der Waals surface area (Å²) in [5, 5.41) is 3.85. The molecule has 2 heteroatoms. The smallest absolute Gasteiger partial charge is 0.123 e. The van der Waals surface area contributed by atoms with Crippen molar-refractivity contribution in [1.29, 1.82) is 0 Å². The van der Waals surface area contributed by atoms with E-state index in [1.165, 1.54) is 31.2 Å². The van der Waals surface area contributed by atoms with Crippen molar-refractivity contribution in [1.82, 2.24) is 5.32 Å². The predicted molar refractivity (Wildman–Crippen MR) is 73.8 cm³/mol. The van der Waals surface area contributed by atoms with Gasteiger partial charge in [0.2, 0.25) is 0 Å². The van der Waals surface area contributed by atoms with Crippen molar-refractivity contribution in [2.24, 2.45) is 11.8 Å². The van der Waals surface area contributed by atoms with E-state index >= 15 is 0 Å². The number of rotatable bonds is 6. The first-order valence-electron chi connectivity index (χ1n) is 7.18. The van der Waals surface area contributed by atoms with Crippen LogP contribution in [-0.4, -0.2) is 13.2 Å². The highest BCUT2D eigenvalue weighted by Gasteiger charge is 2.41. The minimum absolute atomic E-state index is 0.382. The molecule has 0 amide bonds. The van der Waals surface area contributed by atoms with Gasteiger partial charge in [-0.25, -0.2) is 0 Å². The molecule has 2 fully saturated rings. The van der Waals surface area contributed by atoms with Crippen molar-refractivity contribution in [3.05, 3.63) is 29.8 Å². The molecule has 98 valence electrons. The van der Waals surface area contributed by atoms with Gasteiger partial charge in [0.25, 0.3) is 0 Å². The Kier molecular flexibility index (Phi) is 3.29. The van der Waals surface area contributed by atoms with Gasteiger partial charge in [-0.05, 0) is 50.5 Å². The maximum absolute atomic E-state index is 5.46. The van der Waals surface area contributed by atoms with Crippen molar-refractivity contribution in [3.8, 4) is 5.75 Å². The largest absolute Gasteiger partial charge is 0.496 e. The number of methoxy groups -OCH3 is 1. The summed E-state index contributed by atoms with van der Waals surface area (Å²) in [4.78, 5) is 0.